The average molecular weight is 1320 g/mol. The number of fused-ring (bicyclic) bond motifs is 12. The summed E-state index contributed by atoms with van der Waals surface area (Å²) in [4.78, 5) is 0. The molecular weight excluding hydrogens is 1200 g/mol. The van der Waals surface area contributed by atoms with Crippen LogP contribution in [0.2, 0.25) is 0 Å². The van der Waals surface area contributed by atoms with Crippen LogP contribution in [-0.2, 0) is 99.4 Å². The first-order valence-electron chi connectivity index (χ1n) is 35.4. The Labute approximate surface area is 576 Å². The first-order chi connectivity index (χ1) is 45.0. The smallest absolute Gasteiger partial charge is 0.126 e. The van der Waals surface area contributed by atoms with Gasteiger partial charge in [0.2, 0.25) is 0 Å². The van der Waals surface area contributed by atoms with Gasteiger partial charge in [-0.2, -0.15) is 0 Å². The van der Waals surface area contributed by atoms with E-state index in [9.17, 15) is 15.3 Å². The zero-order valence-corrected chi connectivity index (χ0v) is 62.0. The van der Waals surface area contributed by atoms with Crippen LogP contribution in [0.3, 0.4) is 0 Å². The molecule has 0 saturated heterocycles. The Morgan fingerprint density at radius 2 is 0.427 bits per heavy atom. The minimum absolute atomic E-state index is 0.174. The van der Waals surface area contributed by atoms with Gasteiger partial charge in [0.1, 0.15) is 54.3 Å². The number of ether oxygens (including phenoxy) is 9. The Kier molecular flexibility index (Phi) is 23.3. The monoisotopic (exact) mass is 1320 g/mol. The number of hydrogen-bond donors (Lipinski definition) is 3. The highest BCUT2D eigenvalue weighted by Crippen LogP contribution is 2.46. The van der Waals surface area contributed by atoms with Crippen molar-refractivity contribution in [3.63, 3.8) is 0 Å². The van der Waals surface area contributed by atoms with Gasteiger partial charge in [0, 0.05) is 43.9 Å². The van der Waals surface area contributed by atoms with Gasteiger partial charge in [-0.25, -0.2) is 0 Å². The molecule has 3 N–H and O–H groups in total. The standard InChI is InChI=1S/C84H116O12/c1-20-84-51-91-24-21-88-27-30-94-75-60-34-56-41-66(78(2,3)4)39-54(72(56)85)33-55-40-67(79(5,6)7)42-57(73(55)86)35-62-47-70(82(14,15)16)49-64(76(62)95-31-28-89-22-25-92-52-84)38-65-50-71(83(17,18)19)48-63(77(65)96-32-29-90-23-26-93-53-84)37-59-44-68(80(8,9)10)43-58(74(59)87)36-61(75)46-69(45-60)81(11,12)13/h39-50,85-87H,20-38,51-53H2,1-19H3. The second-order valence-electron chi connectivity index (χ2n) is 33.8. The van der Waals surface area contributed by atoms with E-state index in [0.717, 1.165) is 112 Å². The highest BCUT2D eigenvalue weighted by Gasteiger charge is 2.33. The number of phenols is 3. The molecule has 1 aliphatic carbocycles. The van der Waals surface area contributed by atoms with E-state index in [1.807, 2.05) is 0 Å². The molecular formula is C84H116O12. The SMILES string of the molecule is CCC12COCCOCCOc3c4cc(C(C)(C)C)cc3Cc3cc(C(C)(C)C)cc(c3O)Cc3cc(C(C)(C)C)cc(c3OCCOCCOC1)Cc1cc(C(C)(C)C)cc(c1OCCOCCOC2)Cc1cc(C(C)(C)C)cc(c1O)Cc1cc(C(C)(C)C)cc(c1O)C4. The molecule has 0 saturated carbocycles. The quantitative estimate of drug-likeness (QED) is 0.135. The Hall–Kier alpha value is -6.12. The summed E-state index contributed by atoms with van der Waals surface area (Å²) in [6.07, 6.45) is 2.81. The third-order valence-electron chi connectivity index (χ3n) is 19.5. The lowest BCUT2D eigenvalue weighted by molar-refractivity contribution is -0.0901. The van der Waals surface area contributed by atoms with Crippen LogP contribution < -0.4 is 14.2 Å². The predicted molar refractivity (Wildman–Crippen MR) is 387 cm³/mol. The van der Waals surface area contributed by atoms with Crippen LogP contribution in [-0.4, -0.2) is 114 Å². The van der Waals surface area contributed by atoms with Crippen LogP contribution in [0.1, 0.15) is 238 Å². The number of rotatable bonds is 1. The van der Waals surface area contributed by atoms with Gasteiger partial charge in [0.15, 0.2) is 0 Å². The van der Waals surface area contributed by atoms with E-state index in [-0.39, 0.29) is 82.6 Å². The summed E-state index contributed by atoms with van der Waals surface area (Å²) in [5, 5.41) is 39.5. The van der Waals surface area contributed by atoms with E-state index in [2.05, 4.69) is 204 Å². The van der Waals surface area contributed by atoms with Crippen LogP contribution in [0.15, 0.2) is 72.8 Å². The van der Waals surface area contributed by atoms with Crippen molar-refractivity contribution in [1.29, 1.82) is 0 Å². The number of phenolic OH excluding ortho intramolecular Hbond substituents is 3. The van der Waals surface area contributed by atoms with Gasteiger partial charge in [-0.05, 0) is 139 Å². The molecule has 1 atom stereocenters. The molecule has 96 heavy (non-hydrogen) atoms. The van der Waals surface area contributed by atoms with Gasteiger partial charge in [-0.3, -0.25) is 0 Å². The van der Waals surface area contributed by atoms with Crippen molar-refractivity contribution in [2.24, 2.45) is 5.41 Å². The summed E-state index contributed by atoms with van der Waals surface area (Å²) in [6, 6.07) is 26.6. The largest absolute Gasteiger partial charge is 0.507 e. The maximum Gasteiger partial charge on any atom is 0.126 e. The fourth-order valence-electron chi connectivity index (χ4n) is 13.1. The summed E-state index contributed by atoms with van der Waals surface area (Å²) < 4.78 is 60.0. The summed E-state index contributed by atoms with van der Waals surface area (Å²) in [7, 11) is 0. The van der Waals surface area contributed by atoms with E-state index in [1.165, 1.54) is 0 Å². The predicted octanol–water partition coefficient (Wildman–Crippen LogP) is 17.1. The van der Waals surface area contributed by atoms with E-state index < -0.39 is 5.41 Å². The maximum atomic E-state index is 13.3. The van der Waals surface area contributed by atoms with Crippen molar-refractivity contribution in [2.75, 3.05) is 99.1 Å². The van der Waals surface area contributed by atoms with Gasteiger partial charge in [0.05, 0.1) is 79.3 Å². The van der Waals surface area contributed by atoms with Gasteiger partial charge >= 0.3 is 0 Å². The topological polar surface area (TPSA) is 144 Å². The van der Waals surface area contributed by atoms with Crippen molar-refractivity contribution in [1.82, 2.24) is 0 Å². The summed E-state index contributed by atoms with van der Waals surface area (Å²) in [6.45, 7) is 47.3. The second-order valence-corrected chi connectivity index (χ2v) is 33.8. The Morgan fingerprint density at radius 1 is 0.260 bits per heavy atom. The highest BCUT2D eigenvalue weighted by molar-refractivity contribution is 5.61. The Balaban J connectivity index is 1.40. The molecule has 12 heteroatoms. The lowest BCUT2D eigenvalue weighted by atomic mass is 9.79. The molecule has 6 aromatic rings. The van der Waals surface area contributed by atoms with Crippen molar-refractivity contribution in [3.05, 3.63) is 173 Å². The minimum atomic E-state index is -0.453. The number of aromatic hydroxyl groups is 3. The Morgan fingerprint density at radius 3 is 0.625 bits per heavy atom. The lowest BCUT2D eigenvalue weighted by Crippen LogP contribution is -2.38. The van der Waals surface area contributed by atoms with Crippen molar-refractivity contribution in [3.8, 4) is 34.5 Å². The maximum absolute atomic E-state index is 13.3. The molecule has 6 aromatic carbocycles. The van der Waals surface area contributed by atoms with Crippen molar-refractivity contribution >= 4 is 0 Å². The molecule has 9 rings (SSSR count). The van der Waals surface area contributed by atoms with E-state index in [0.29, 0.717) is 116 Å². The van der Waals surface area contributed by atoms with Gasteiger partial charge in [-0.15, -0.1) is 0 Å². The fourth-order valence-corrected chi connectivity index (χ4v) is 13.1. The molecule has 1 unspecified atom stereocenters. The fraction of sp³-hybridized carbons (Fsp3) is 0.571. The van der Waals surface area contributed by atoms with E-state index in [1.54, 1.807) is 0 Å². The first-order valence-corrected chi connectivity index (χ1v) is 35.4. The number of benzene rings is 6. The highest BCUT2D eigenvalue weighted by atomic mass is 16.6. The molecule has 0 fully saturated rings. The molecule has 3 aliphatic rings. The Bertz CT molecular complexity index is 3660. The van der Waals surface area contributed by atoms with E-state index in [4.69, 9.17) is 42.6 Å². The van der Waals surface area contributed by atoms with E-state index >= 15 is 0 Å². The molecule has 0 aromatic heterocycles. The molecule has 524 valence electrons. The average Bonchev–Trinajstić information content (AvgIpc) is 0.777. The molecule has 0 spiro atoms. The third-order valence-corrected chi connectivity index (χ3v) is 19.5. The second kappa shape index (κ2) is 30.2. The zero-order valence-electron chi connectivity index (χ0n) is 62.0. The zero-order chi connectivity index (χ0) is 69.8. The summed E-state index contributed by atoms with van der Waals surface area (Å²) in [5.41, 5.74) is 14.4. The molecule has 0 radical (unpaired) electrons. The molecule has 16 bridgehead atoms. The molecule has 12 nitrogen and oxygen atoms in total. The summed E-state index contributed by atoms with van der Waals surface area (Å²) in [5.74, 6) is 2.71. The van der Waals surface area contributed by atoms with Crippen molar-refractivity contribution in [2.45, 2.75) is 209 Å². The van der Waals surface area contributed by atoms with Gasteiger partial charge in [0.25, 0.3) is 0 Å². The molecule has 0 amide bonds. The van der Waals surface area contributed by atoms with Gasteiger partial charge < -0.3 is 58.0 Å². The van der Waals surface area contributed by atoms with Gasteiger partial charge in [-0.1, -0.05) is 204 Å². The number of hydrogen-bond acceptors (Lipinski definition) is 12. The minimum Gasteiger partial charge on any atom is -0.507 e. The van der Waals surface area contributed by atoms with Crippen molar-refractivity contribution < 1.29 is 58.0 Å². The molecule has 2 aliphatic heterocycles. The van der Waals surface area contributed by atoms with Crippen LogP contribution in [0.5, 0.6) is 34.5 Å². The first kappa shape index (κ1) is 74.1. The molecule has 2 heterocycles. The normalized spacial score (nSPS) is 18.5. The van der Waals surface area contributed by atoms with Crippen LogP contribution in [0.25, 0.3) is 0 Å². The third kappa shape index (κ3) is 18.6. The van der Waals surface area contributed by atoms with Crippen LogP contribution in [0, 0.1) is 5.41 Å². The lowest BCUT2D eigenvalue weighted by Gasteiger charge is -2.32. The van der Waals surface area contributed by atoms with Crippen LogP contribution >= 0.6 is 0 Å². The summed E-state index contributed by atoms with van der Waals surface area (Å²) >= 11 is 0. The van der Waals surface area contributed by atoms with Crippen LogP contribution in [0.4, 0.5) is 0 Å².